The lowest BCUT2D eigenvalue weighted by Gasteiger charge is -2.45. The maximum atomic E-state index is 14.2. The lowest BCUT2D eigenvalue weighted by Crippen LogP contribution is -2.73. The molecule has 2 aromatic carbocycles. The second kappa shape index (κ2) is 9.23. The van der Waals surface area contributed by atoms with Crippen LogP contribution in [0.4, 0.5) is 17.1 Å². The zero-order valence-electron chi connectivity index (χ0n) is 26.1. The number of anilines is 2. The van der Waals surface area contributed by atoms with Crippen molar-refractivity contribution < 1.29 is 19.6 Å². The second-order valence-corrected chi connectivity index (χ2v) is 13.9. The number of fused-ring (bicyclic) bond motifs is 2. The van der Waals surface area contributed by atoms with Gasteiger partial charge in [0.25, 0.3) is 0 Å². The summed E-state index contributed by atoms with van der Waals surface area (Å²) >= 11 is 0. The van der Waals surface area contributed by atoms with Crippen LogP contribution in [0.3, 0.4) is 0 Å². The summed E-state index contributed by atoms with van der Waals surface area (Å²) in [5.41, 5.74) is 12.2. The number of ether oxygens (including phenoxy) is 1. The summed E-state index contributed by atoms with van der Waals surface area (Å²) in [7, 11) is 0. The summed E-state index contributed by atoms with van der Waals surface area (Å²) in [5.74, 6) is 0.583. The molecule has 2 unspecified atom stereocenters. The van der Waals surface area contributed by atoms with Gasteiger partial charge in [-0.2, -0.15) is 0 Å². The van der Waals surface area contributed by atoms with Gasteiger partial charge in [-0.25, -0.2) is 4.99 Å². The number of ketones is 1. The van der Waals surface area contributed by atoms with Crippen molar-refractivity contribution >= 4 is 28.6 Å². The molecule has 0 saturated heterocycles. The third-order valence-electron chi connectivity index (χ3n) is 10.4. The van der Waals surface area contributed by atoms with E-state index in [0.29, 0.717) is 17.9 Å². The molecule has 0 bridgehead atoms. The SMILES string of the molecule is C=C1Nc2cc3c(cc2C1(C)C)[NH+]=C(C1(C)C(=O)C(C(C)C(C)(C)c2cc(OCCCC)ccc2N)=C1O)C3(C)C. The van der Waals surface area contributed by atoms with E-state index in [9.17, 15) is 9.90 Å². The zero-order valence-corrected chi connectivity index (χ0v) is 26.1. The molecule has 41 heavy (non-hydrogen) atoms. The molecule has 0 fully saturated rings. The molecular weight excluding hydrogens is 510 g/mol. The summed E-state index contributed by atoms with van der Waals surface area (Å²) in [4.78, 5) is 17.7. The summed E-state index contributed by atoms with van der Waals surface area (Å²) < 4.78 is 5.96. The first-order valence-corrected chi connectivity index (χ1v) is 14.8. The molecule has 2 aliphatic heterocycles. The molecule has 0 spiro atoms. The highest BCUT2D eigenvalue weighted by Crippen LogP contribution is 2.55. The third kappa shape index (κ3) is 3.97. The monoisotopic (exact) mass is 556 g/mol. The number of carbonyl (C=O) groups is 1. The lowest BCUT2D eigenvalue weighted by molar-refractivity contribution is -0.356. The minimum atomic E-state index is -1.13. The smallest absolute Gasteiger partial charge is 0.208 e. The molecule has 0 saturated carbocycles. The highest BCUT2D eigenvalue weighted by molar-refractivity contribution is 6.25. The molecule has 0 amide bonds. The molecule has 2 atom stereocenters. The Balaban J connectivity index is 1.50. The van der Waals surface area contributed by atoms with Crippen molar-refractivity contribution in [1.82, 2.24) is 0 Å². The first-order chi connectivity index (χ1) is 19.0. The Morgan fingerprint density at radius 2 is 1.78 bits per heavy atom. The van der Waals surface area contributed by atoms with Gasteiger partial charge in [0, 0.05) is 39.7 Å². The van der Waals surface area contributed by atoms with Gasteiger partial charge in [0.2, 0.25) is 5.69 Å². The molecule has 0 aromatic heterocycles. The van der Waals surface area contributed by atoms with E-state index in [1.54, 1.807) is 0 Å². The van der Waals surface area contributed by atoms with Crippen LogP contribution in [-0.2, 0) is 21.0 Å². The van der Waals surface area contributed by atoms with Crippen molar-refractivity contribution in [3.63, 3.8) is 0 Å². The minimum Gasteiger partial charge on any atom is -0.510 e. The predicted octanol–water partition coefficient (Wildman–Crippen LogP) is 6.12. The van der Waals surface area contributed by atoms with Gasteiger partial charge in [-0.05, 0) is 73.9 Å². The fraction of sp³-hybridized carbons (Fsp3) is 0.486. The predicted molar refractivity (Wildman–Crippen MR) is 167 cm³/mol. The van der Waals surface area contributed by atoms with Gasteiger partial charge in [0.05, 0.1) is 12.0 Å². The van der Waals surface area contributed by atoms with Crippen LogP contribution in [0.1, 0.15) is 91.8 Å². The first-order valence-electron chi connectivity index (χ1n) is 14.8. The van der Waals surface area contributed by atoms with Crippen LogP contribution in [0.15, 0.2) is 53.9 Å². The molecule has 3 aliphatic rings. The van der Waals surface area contributed by atoms with Crippen LogP contribution in [0.5, 0.6) is 5.75 Å². The summed E-state index contributed by atoms with van der Waals surface area (Å²) in [6.45, 7) is 23.5. The Morgan fingerprint density at radius 3 is 2.41 bits per heavy atom. The van der Waals surface area contributed by atoms with E-state index in [4.69, 9.17) is 10.5 Å². The number of hydrogen-bond acceptors (Lipinski definition) is 5. The number of aliphatic hydroxyl groups excluding tert-OH is 1. The van der Waals surface area contributed by atoms with Crippen LogP contribution < -0.4 is 20.8 Å². The highest BCUT2D eigenvalue weighted by atomic mass is 16.5. The van der Waals surface area contributed by atoms with Gasteiger partial charge in [-0.1, -0.05) is 54.5 Å². The molecule has 218 valence electrons. The number of nitrogen functional groups attached to an aromatic ring is 1. The van der Waals surface area contributed by atoms with E-state index >= 15 is 0 Å². The van der Waals surface area contributed by atoms with Crippen LogP contribution in [0.2, 0.25) is 0 Å². The molecule has 0 radical (unpaired) electrons. The number of unbranched alkanes of at least 4 members (excludes halogenated alkanes) is 1. The molecule has 2 aromatic rings. The average Bonchev–Trinajstić information content (AvgIpc) is 3.30. The highest BCUT2D eigenvalue weighted by Gasteiger charge is 2.65. The summed E-state index contributed by atoms with van der Waals surface area (Å²) in [5, 5.41) is 15.2. The van der Waals surface area contributed by atoms with E-state index in [1.807, 2.05) is 32.0 Å². The largest absolute Gasteiger partial charge is 0.510 e. The number of aliphatic hydroxyl groups is 1. The van der Waals surface area contributed by atoms with Crippen LogP contribution >= 0.6 is 0 Å². The lowest BCUT2D eigenvalue weighted by atomic mass is 9.55. The maximum Gasteiger partial charge on any atom is 0.208 e. The topological polar surface area (TPSA) is 98.5 Å². The Bertz CT molecular complexity index is 1540. The number of rotatable bonds is 8. The molecule has 6 heteroatoms. The van der Waals surface area contributed by atoms with Gasteiger partial charge in [0.1, 0.15) is 11.5 Å². The van der Waals surface area contributed by atoms with Crippen molar-refractivity contribution in [2.75, 3.05) is 17.7 Å². The Hall–Kier alpha value is -3.54. The van der Waals surface area contributed by atoms with Gasteiger partial charge < -0.3 is 20.9 Å². The number of benzene rings is 2. The first kappa shape index (κ1) is 29.0. The van der Waals surface area contributed by atoms with Crippen molar-refractivity contribution in [3.05, 3.63) is 70.6 Å². The molecular formula is C35H46N3O3+. The summed E-state index contributed by atoms with van der Waals surface area (Å²) in [6.07, 6.45) is 2.04. The van der Waals surface area contributed by atoms with E-state index < -0.39 is 16.2 Å². The van der Waals surface area contributed by atoms with Crippen molar-refractivity contribution in [1.29, 1.82) is 0 Å². The van der Waals surface area contributed by atoms with Gasteiger partial charge in [-0.3, -0.25) is 4.79 Å². The Kier molecular flexibility index (Phi) is 6.52. The Labute approximate surface area is 244 Å². The minimum absolute atomic E-state index is 0.0488. The van der Waals surface area contributed by atoms with E-state index in [-0.39, 0.29) is 22.9 Å². The van der Waals surface area contributed by atoms with E-state index in [1.165, 1.54) is 5.56 Å². The molecule has 1 aliphatic carbocycles. The Morgan fingerprint density at radius 1 is 1.10 bits per heavy atom. The van der Waals surface area contributed by atoms with E-state index in [0.717, 1.165) is 52.5 Å². The van der Waals surface area contributed by atoms with Crippen LogP contribution in [-0.4, -0.2) is 23.2 Å². The third-order valence-corrected chi connectivity index (χ3v) is 10.4. The number of Topliss-reactive ketones (excluding diaryl/α,β-unsaturated/α-hetero) is 1. The normalized spacial score (nSPS) is 23.0. The standard InChI is InChI=1S/C35H45N3O3/c1-11-12-15-41-21-13-14-25(36)22(16-21)32(4,5)19(2)28-29(39)35(10,30(28)40)31-34(8,9)24-18-26-23(17-27(24)38-31)33(6,7)20(3)37-26/h13-14,16-19,37,39H,3,11-12,15,36H2,1-2,4-10H3/p+1. The number of allylic oxidation sites excluding steroid dienone is 3. The molecule has 6 nitrogen and oxygen atoms in total. The summed E-state index contributed by atoms with van der Waals surface area (Å²) in [6, 6.07) is 10.1. The van der Waals surface area contributed by atoms with Crippen LogP contribution in [0, 0.1) is 11.3 Å². The number of hydrogen-bond donors (Lipinski definition) is 4. The van der Waals surface area contributed by atoms with Crippen molar-refractivity contribution in [3.8, 4) is 5.75 Å². The second-order valence-electron chi connectivity index (χ2n) is 13.9. The van der Waals surface area contributed by atoms with Crippen molar-refractivity contribution in [2.24, 2.45) is 11.3 Å². The molecule has 5 N–H and O–H groups in total. The average molecular weight is 557 g/mol. The van der Waals surface area contributed by atoms with E-state index in [2.05, 4.69) is 77.5 Å². The molecule has 5 rings (SSSR count). The molecule has 2 heterocycles. The zero-order chi connectivity index (χ0) is 30.3. The van der Waals surface area contributed by atoms with Crippen molar-refractivity contribution in [2.45, 2.75) is 91.4 Å². The number of nitrogens with two attached hydrogens (primary N) is 1. The van der Waals surface area contributed by atoms with Gasteiger partial charge in [-0.15, -0.1) is 0 Å². The fourth-order valence-electron chi connectivity index (χ4n) is 6.93. The van der Waals surface area contributed by atoms with Crippen LogP contribution in [0.25, 0.3) is 0 Å². The van der Waals surface area contributed by atoms with Gasteiger partial charge in [0.15, 0.2) is 16.9 Å². The fourth-order valence-corrected chi connectivity index (χ4v) is 6.93. The van der Waals surface area contributed by atoms with Gasteiger partial charge >= 0.3 is 0 Å². The number of carbonyl (C=O) groups excluding carboxylic acids is 1. The number of nitrogens with one attached hydrogen (secondary N) is 2. The maximum absolute atomic E-state index is 14.2. The quantitative estimate of drug-likeness (QED) is 0.232.